The summed E-state index contributed by atoms with van der Waals surface area (Å²) in [6.45, 7) is 8.39. The third kappa shape index (κ3) is 6.56. The van der Waals surface area contributed by atoms with Gasteiger partial charge in [-0.05, 0) is 61.2 Å². The molecule has 2 aromatic rings. The largest absolute Gasteiger partial charge is 0.379 e. The smallest absolute Gasteiger partial charge is 0.339 e. The van der Waals surface area contributed by atoms with Crippen LogP contribution in [0.4, 0.5) is 4.39 Å². The Morgan fingerprint density at radius 2 is 1.76 bits per heavy atom. The Hall–Kier alpha value is -2.41. The van der Waals surface area contributed by atoms with Crippen LogP contribution in [0.3, 0.4) is 0 Å². The first-order valence-electron chi connectivity index (χ1n) is 9.70. The predicted molar refractivity (Wildman–Crippen MR) is 110 cm³/mol. The number of amides is 1. The molecule has 0 spiro atoms. The standard InChI is InChI=1S/C22H28FNO4S/c1-5-17(4)24(22(25)13-16(2)3)15-18-7-6-8-20(14-18)28-29(26,27)21-11-9-19(23)10-12-21/h6-12,14,16-17H,5,13,15H2,1-4H3/t17-/m1/s1. The first-order chi connectivity index (χ1) is 13.6. The van der Waals surface area contributed by atoms with Gasteiger partial charge in [0.2, 0.25) is 5.91 Å². The van der Waals surface area contributed by atoms with E-state index >= 15 is 0 Å². The van der Waals surface area contributed by atoms with Gasteiger partial charge in [0, 0.05) is 19.0 Å². The molecule has 0 aliphatic carbocycles. The fourth-order valence-corrected chi connectivity index (χ4v) is 3.77. The summed E-state index contributed by atoms with van der Waals surface area (Å²) < 4.78 is 43.1. The molecule has 0 aliphatic heterocycles. The second-order valence-electron chi connectivity index (χ2n) is 7.52. The number of benzene rings is 2. The van der Waals surface area contributed by atoms with Gasteiger partial charge in [0.1, 0.15) is 16.5 Å². The summed E-state index contributed by atoms with van der Waals surface area (Å²) in [7, 11) is -4.08. The summed E-state index contributed by atoms with van der Waals surface area (Å²) >= 11 is 0. The van der Waals surface area contributed by atoms with Gasteiger partial charge in [-0.3, -0.25) is 4.79 Å². The molecule has 0 unspecified atom stereocenters. The van der Waals surface area contributed by atoms with Crippen LogP contribution in [0.15, 0.2) is 53.4 Å². The number of hydrogen-bond acceptors (Lipinski definition) is 4. The van der Waals surface area contributed by atoms with Gasteiger partial charge < -0.3 is 9.08 Å². The lowest BCUT2D eigenvalue weighted by molar-refractivity contribution is -0.134. The van der Waals surface area contributed by atoms with Gasteiger partial charge in [0.05, 0.1) is 0 Å². The molecule has 1 atom stereocenters. The number of carbonyl (C=O) groups excluding carboxylic acids is 1. The first kappa shape index (κ1) is 22.9. The zero-order valence-electron chi connectivity index (χ0n) is 17.3. The van der Waals surface area contributed by atoms with Gasteiger partial charge in [0.25, 0.3) is 0 Å². The Kier molecular flexibility index (Phi) is 7.79. The van der Waals surface area contributed by atoms with E-state index < -0.39 is 15.9 Å². The van der Waals surface area contributed by atoms with Gasteiger partial charge in [-0.2, -0.15) is 8.42 Å². The molecule has 0 aromatic heterocycles. The van der Waals surface area contributed by atoms with Crippen LogP contribution in [0, 0.1) is 11.7 Å². The highest BCUT2D eigenvalue weighted by atomic mass is 32.2. The Labute approximate surface area is 172 Å². The quantitative estimate of drug-likeness (QED) is 0.547. The molecule has 1 amide bonds. The lowest BCUT2D eigenvalue weighted by Gasteiger charge is -2.29. The fraction of sp³-hybridized carbons (Fsp3) is 0.409. The fourth-order valence-electron chi connectivity index (χ4n) is 2.85. The van der Waals surface area contributed by atoms with E-state index in [4.69, 9.17) is 4.18 Å². The molecule has 158 valence electrons. The van der Waals surface area contributed by atoms with Crippen molar-refractivity contribution in [2.24, 2.45) is 5.92 Å². The lowest BCUT2D eigenvalue weighted by atomic mass is 10.1. The van der Waals surface area contributed by atoms with Crippen molar-refractivity contribution in [1.82, 2.24) is 4.90 Å². The van der Waals surface area contributed by atoms with Crippen LogP contribution in [-0.2, 0) is 21.5 Å². The predicted octanol–water partition coefficient (Wildman–Crippen LogP) is 4.77. The van der Waals surface area contributed by atoms with Crippen molar-refractivity contribution in [2.45, 2.75) is 58.0 Å². The van der Waals surface area contributed by atoms with Crippen molar-refractivity contribution in [1.29, 1.82) is 0 Å². The minimum absolute atomic E-state index is 0.0637. The van der Waals surface area contributed by atoms with Crippen molar-refractivity contribution in [3.05, 3.63) is 59.9 Å². The van der Waals surface area contributed by atoms with E-state index in [1.54, 1.807) is 12.1 Å². The summed E-state index contributed by atoms with van der Waals surface area (Å²) in [5, 5.41) is 0. The highest BCUT2D eigenvalue weighted by Gasteiger charge is 2.21. The average molecular weight is 422 g/mol. The highest BCUT2D eigenvalue weighted by Crippen LogP contribution is 2.22. The van der Waals surface area contributed by atoms with Gasteiger partial charge in [-0.1, -0.05) is 32.9 Å². The van der Waals surface area contributed by atoms with Crippen LogP contribution in [0.25, 0.3) is 0 Å². The van der Waals surface area contributed by atoms with E-state index in [1.165, 1.54) is 6.07 Å². The summed E-state index contributed by atoms with van der Waals surface area (Å²) in [4.78, 5) is 14.3. The van der Waals surface area contributed by atoms with Crippen LogP contribution in [0.2, 0.25) is 0 Å². The van der Waals surface area contributed by atoms with Gasteiger partial charge in [0.15, 0.2) is 0 Å². The Bertz CT molecular complexity index is 926. The van der Waals surface area contributed by atoms with E-state index in [0.717, 1.165) is 36.2 Å². The summed E-state index contributed by atoms with van der Waals surface area (Å²) in [6, 6.07) is 11.2. The molecule has 0 bridgehead atoms. The molecule has 0 heterocycles. The normalized spacial score (nSPS) is 12.6. The van der Waals surface area contributed by atoms with Crippen molar-refractivity contribution in [3.63, 3.8) is 0 Å². The van der Waals surface area contributed by atoms with Gasteiger partial charge in [-0.15, -0.1) is 0 Å². The minimum atomic E-state index is -4.08. The minimum Gasteiger partial charge on any atom is -0.379 e. The third-order valence-corrected chi connectivity index (χ3v) is 5.85. The number of carbonyl (C=O) groups is 1. The molecule has 0 fully saturated rings. The molecule has 29 heavy (non-hydrogen) atoms. The average Bonchev–Trinajstić information content (AvgIpc) is 2.65. The maximum atomic E-state index is 13.0. The van der Waals surface area contributed by atoms with E-state index in [2.05, 4.69) is 0 Å². The lowest BCUT2D eigenvalue weighted by Crippen LogP contribution is -2.38. The van der Waals surface area contributed by atoms with E-state index in [1.807, 2.05) is 38.7 Å². The zero-order valence-corrected chi connectivity index (χ0v) is 18.1. The number of nitrogens with zero attached hydrogens (tertiary/aromatic N) is 1. The molecule has 0 saturated carbocycles. The van der Waals surface area contributed by atoms with Crippen LogP contribution in [0.1, 0.15) is 46.1 Å². The SMILES string of the molecule is CC[C@@H](C)N(Cc1cccc(OS(=O)(=O)c2ccc(F)cc2)c1)C(=O)CC(C)C. The molecule has 0 N–H and O–H groups in total. The Morgan fingerprint density at radius 3 is 2.34 bits per heavy atom. The molecule has 0 radical (unpaired) electrons. The van der Waals surface area contributed by atoms with Gasteiger partial charge >= 0.3 is 10.1 Å². The maximum absolute atomic E-state index is 13.0. The van der Waals surface area contributed by atoms with Crippen molar-refractivity contribution in [2.75, 3.05) is 0 Å². The number of rotatable bonds is 9. The molecule has 5 nitrogen and oxygen atoms in total. The Balaban J connectivity index is 2.21. The van der Waals surface area contributed by atoms with E-state index in [9.17, 15) is 17.6 Å². The highest BCUT2D eigenvalue weighted by molar-refractivity contribution is 7.87. The zero-order chi connectivity index (χ0) is 21.6. The number of halogens is 1. The molecule has 2 aromatic carbocycles. The van der Waals surface area contributed by atoms with Crippen LogP contribution in [0.5, 0.6) is 5.75 Å². The second-order valence-corrected chi connectivity index (χ2v) is 9.06. The first-order valence-corrected chi connectivity index (χ1v) is 11.1. The summed E-state index contributed by atoms with van der Waals surface area (Å²) in [5.74, 6) is -0.0569. The van der Waals surface area contributed by atoms with Crippen molar-refractivity contribution in [3.8, 4) is 5.75 Å². The molecular weight excluding hydrogens is 393 g/mol. The molecule has 0 saturated heterocycles. The van der Waals surface area contributed by atoms with Gasteiger partial charge in [-0.25, -0.2) is 4.39 Å². The molecule has 2 rings (SSSR count). The van der Waals surface area contributed by atoms with Crippen LogP contribution >= 0.6 is 0 Å². The van der Waals surface area contributed by atoms with E-state index in [0.29, 0.717) is 13.0 Å². The topological polar surface area (TPSA) is 63.7 Å². The molecule has 7 heteroatoms. The maximum Gasteiger partial charge on any atom is 0.339 e. The van der Waals surface area contributed by atoms with Crippen LogP contribution < -0.4 is 4.18 Å². The van der Waals surface area contributed by atoms with E-state index in [-0.39, 0.29) is 28.5 Å². The van der Waals surface area contributed by atoms with Crippen LogP contribution in [-0.4, -0.2) is 25.3 Å². The van der Waals surface area contributed by atoms with Crippen molar-refractivity contribution >= 4 is 16.0 Å². The summed E-state index contributed by atoms with van der Waals surface area (Å²) in [5.41, 5.74) is 0.772. The van der Waals surface area contributed by atoms with Crippen molar-refractivity contribution < 1.29 is 21.8 Å². The number of hydrogen-bond donors (Lipinski definition) is 0. The monoisotopic (exact) mass is 421 g/mol. The molecular formula is C22H28FNO4S. The Morgan fingerprint density at radius 1 is 1.10 bits per heavy atom. The second kappa shape index (κ2) is 9.87. The third-order valence-electron chi connectivity index (χ3n) is 4.59. The molecule has 0 aliphatic rings. The summed E-state index contributed by atoms with van der Waals surface area (Å²) in [6.07, 6.45) is 1.28.